The zero-order chi connectivity index (χ0) is 20.5. The molecule has 1 fully saturated rings. The van der Waals surface area contributed by atoms with Gasteiger partial charge < -0.3 is 4.90 Å². The molecule has 0 N–H and O–H groups in total. The van der Waals surface area contributed by atoms with Gasteiger partial charge in [-0.2, -0.15) is 5.10 Å². The van der Waals surface area contributed by atoms with Gasteiger partial charge in [0.2, 0.25) is 5.91 Å². The summed E-state index contributed by atoms with van der Waals surface area (Å²) in [5, 5.41) is 4.55. The molecule has 29 heavy (non-hydrogen) atoms. The predicted molar refractivity (Wildman–Crippen MR) is 115 cm³/mol. The number of amides is 1. The summed E-state index contributed by atoms with van der Waals surface area (Å²) in [5.74, 6) is 0.241. The topological polar surface area (TPSA) is 50.5 Å². The molecular weight excluding hydrogens is 360 g/mol. The Kier molecular flexibility index (Phi) is 5.39. The minimum atomic E-state index is 0.202. The van der Waals surface area contributed by atoms with Crippen molar-refractivity contribution in [2.24, 2.45) is 0 Å². The van der Waals surface area contributed by atoms with Gasteiger partial charge in [-0.25, -0.2) is 9.50 Å². The predicted octanol–water partition coefficient (Wildman–Crippen LogP) is 4.65. The summed E-state index contributed by atoms with van der Waals surface area (Å²) in [6.45, 7) is 9.04. The molecular formula is C24H30N4O. The van der Waals surface area contributed by atoms with Crippen LogP contribution >= 0.6 is 0 Å². The third kappa shape index (κ3) is 3.91. The molecule has 2 aromatic heterocycles. The molecule has 1 aliphatic heterocycles. The van der Waals surface area contributed by atoms with Gasteiger partial charge in [-0.15, -0.1) is 0 Å². The average Bonchev–Trinajstić information content (AvgIpc) is 3.08. The molecule has 3 heterocycles. The normalized spacial score (nSPS) is 17.1. The first kappa shape index (κ1) is 19.6. The van der Waals surface area contributed by atoms with Gasteiger partial charge in [0.15, 0.2) is 5.65 Å². The zero-order valence-electron chi connectivity index (χ0n) is 17.9. The van der Waals surface area contributed by atoms with E-state index in [9.17, 15) is 4.79 Å². The highest BCUT2D eigenvalue weighted by molar-refractivity contribution is 5.77. The SMILES string of the molecule is Cc1ccc([C@H]2CCCCN2C(=O)CCc2c(C)nc3cc(C)nn3c2C)cc1. The summed E-state index contributed by atoms with van der Waals surface area (Å²) >= 11 is 0. The summed E-state index contributed by atoms with van der Waals surface area (Å²) < 4.78 is 1.90. The van der Waals surface area contributed by atoms with Gasteiger partial charge >= 0.3 is 0 Å². The second-order valence-electron chi connectivity index (χ2n) is 8.33. The maximum absolute atomic E-state index is 13.2. The number of fused-ring (bicyclic) bond motifs is 1. The van der Waals surface area contributed by atoms with Crippen LogP contribution in [-0.2, 0) is 11.2 Å². The number of likely N-dealkylation sites (tertiary alicyclic amines) is 1. The first-order valence-electron chi connectivity index (χ1n) is 10.6. The average molecular weight is 391 g/mol. The van der Waals surface area contributed by atoms with E-state index in [2.05, 4.69) is 48.1 Å². The summed E-state index contributed by atoms with van der Waals surface area (Å²) in [7, 11) is 0. The molecule has 0 radical (unpaired) electrons. The Morgan fingerprint density at radius 1 is 1.10 bits per heavy atom. The maximum atomic E-state index is 13.2. The Balaban J connectivity index is 1.52. The monoisotopic (exact) mass is 390 g/mol. The molecule has 152 valence electrons. The molecule has 0 bridgehead atoms. The van der Waals surface area contributed by atoms with Crippen LogP contribution in [-0.4, -0.2) is 31.9 Å². The van der Waals surface area contributed by atoms with Gasteiger partial charge in [0.05, 0.1) is 11.7 Å². The van der Waals surface area contributed by atoms with E-state index in [4.69, 9.17) is 4.98 Å². The van der Waals surface area contributed by atoms with E-state index in [0.29, 0.717) is 12.8 Å². The summed E-state index contributed by atoms with van der Waals surface area (Å²) in [6, 6.07) is 10.8. The minimum Gasteiger partial charge on any atom is -0.336 e. The number of aromatic nitrogens is 3. The Morgan fingerprint density at radius 3 is 2.62 bits per heavy atom. The molecule has 1 aliphatic rings. The minimum absolute atomic E-state index is 0.202. The van der Waals surface area contributed by atoms with Gasteiger partial charge in [-0.3, -0.25) is 4.79 Å². The van der Waals surface area contributed by atoms with Crippen LogP contribution in [0.4, 0.5) is 0 Å². The van der Waals surface area contributed by atoms with E-state index in [1.807, 2.05) is 24.4 Å². The second kappa shape index (κ2) is 7.97. The fourth-order valence-corrected chi connectivity index (χ4v) is 4.54. The van der Waals surface area contributed by atoms with E-state index in [0.717, 1.165) is 47.7 Å². The molecule has 0 unspecified atom stereocenters. The summed E-state index contributed by atoms with van der Waals surface area (Å²) in [4.78, 5) is 20.0. The molecule has 3 aromatic rings. The van der Waals surface area contributed by atoms with Crippen molar-refractivity contribution in [3.63, 3.8) is 0 Å². The van der Waals surface area contributed by atoms with Crippen LogP contribution in [0.5, 0.6) is 0 Å². The lowest BCUT2D eigenvalue weighted by Crippen LogP contribution is -2.38. The number of piperidine rings is 1. The van der Waals surface area contributed by atoms with E-state index >= 15 is 0 Å². The van der Waals surface area contributed by atoms with Crippen molar-refractivity contribution in [1.82, 2.24) is 19.5 Å². The maximum Gasteiger partial charge on any atom is 0.223 e. The molecule has 0 saturated carbocycles. The highest BCUT2D eigenvalue weighted by Crippen LogP contribution is 2.32. The van der Waals surface area contributed by atoms with Crippen LogP contribution in [0.1, 0.15) is 65.5 Å². The van der Waals surface area contributed by atoms with E-state index in [1.165, 1.54) is 17.5 Å². The molecule has 5 heteroatoms. The number of carbonyl (C=O) groups excluding carboxylic acids is 1. The van der Waals surface area contributed by atoms with Crippen LogP contribution in [0.2, 0.25) is 0 Å². The molecule has 1 saturated heterocycles. The van der Waals surface area contributed by atoms with Crippen LogP contribution in [0.15, 0.2) is 30.3 Å². The lowest BCUT2D eigenvalue weighted by Gasteiger charge is -2.36. The van der Waals surface area contributed by atoms with Gasteiger partial charge in [0, 0.05) is 30.4 Å². The van der Waals surface area contributed by atoms with Crippen LogP contribution in [0, 0.1) is 27.7 Å². The Morgan fingerprint density at radius 2 is 1.86 bits per heavy atom. The summed E-state index contributed by atoms with van der Waals surface area (Å²) in [6.07, 6.45) is 4.53. The smallest absolute Gasteiger partial charge is 0.223 e. The summed E-state index contributed by atoms with van der Waals surface area (Å²) in [5.41, 5.74) is 7.57. The molecule has 1 atom stereocenters. The number of nitrogens with zero attached hydrogens (tertiary/aromatic N) is 4. The third-order valence-electron chi connectivity index (χ3n) is 6.16. The molecule has 0 aliphatic carbocycles. The highest BCUT2D eigenvalue weighted by atomic mass is 16.2. The first-order chi connectivity index (χ1) is 13.9. The van der Waals surface area contributed by atoms with Gasteiger partial charge in [-0.1, -0.05) is 29.8 Å². The van der Waals surface area contributed by atoms with Crippen LogP contribution < -0.4 is 0 Å². The third-order valence-corrected chi connectivity index (χ3v) is 6.16. The first-order valence-corrected chi connectivity index (χ1v) is 10.6. The van der Waals surface area contributed by atoms with Crippen molar-refractivity contribution in [1.29, 1.82) is 0 Å². The Bertz CT molecular complexity index is 1040. The van der Waals surface area contributed by atoms with Gasteiger partial charge in [0.1, 0.15) is 0 Å². The fraction of sp³-hybridized carbons (Fsp3) is 0.458. The van der Waals surface area contributed by atoms with Gasteiger partial charge in [-0.05, 0) is 64.5 Å². The van der Waals surface area contributed by atoms with Crippen molar-refractivity contribution < 1.29 is 4.79 Å². The van der Waals surface area contributed by atoms with Crippen molar-refractivity contribution in [3.05, 3.63) is 64.1 Å². The van der Waals surface area contributed by atoms with Crippen molar-refractivity contribution in [2.45, 2.75) is 65.8 Å². The lowest BCUT2D eigenvalue weighted by molar-refractivity contribution is -0.135. The number of rotatable bonds is 4. The fourth-order valence-electron chi connectivity index (χ4n) is 4.54. The number of hydrogen-bond donors (Lipinski definition) is 0. The van der Waals surface area contributed by atoms with Crippen LogP contribution in [0.25, 0.3) is 5.65 Å². The van der Waals surface area contributed by atoms with Crippen molar-refractivity contribution >= 4 is 11.6 Å². The standard InChI is InChI=1S/C24H30N4O/c1-16-8-10-20(11-9-16)22-7-5-6-14-27(22)24(29)13-12-21-18(3)25-23-15-17(2)26-28(23)19(21)4/h8-11,15,22H,5-7,12-14H2,1-4H3/t22-/m1/s1. The van der Waals surface area contributed by atoms with E-state index in [-0.39, 0.29) is 11.9 Å². The Labute approximate surface area is 172 Å². The highest BCUT2D eigenvalue weighted by Gasteiger charge is 2.28. The number of aryl methyl sites for hydroxylation is 4. The van der Waals surface area contributed by atoms with Crippen molar-refractivity contribution in [3.8, 4) is 0 Å². The van der Waals surface area contributed by atoms with E-state index < -0.39 is 0 Å². The quantitative estimate of drug-likeness (QED) is 0.652. The van der Waals surface area contributed by atoms with Gasteiger partial charge in [0.25, 0.3) is 0 Å². The number of carbonyl (C=O) groups is 1. The largest absolute Gasteiger partial charge is 0.336 e. The number of hydrogen-bond acceptors (Lipinski definition) is 3. The molecule has 4 rings (SSSR count). The number of benzene rings is 1. The zero-order valence-corrected chi connectivity index (χ0v) is 17.9. The molecule has 0 spiro atoms. The van der Waals surface area contributed by atoms with Crippen LogP contribution in [0.3, 0.4) is 0 Å². The molecule has 1 amide bonds. The van der Waals surface area contributed by atoms with Crippen molar-refractivity contribution in [2.75, 3.05) is 6.54 Å². The second-order valence-corrected chi connectivity index (χ2v) is 8.33. The molecule has 1 aromatic carbocycles. The lowest BCUT2D eigenvalue weighted by atomic mass is 9.94. The molecule has 5 nitrogen and oxygen atoms in total. The van der Waals surface area contributed by atoms with E-state index in [1.54, 1.807) is 0 Å². The Hall–Kier alpha value is -2.69.